The average molecular weight is 469 g/mol. The summed E-state index contributed by atoms with van der Waals surface area (Å²) >= 11 is 1.85. The summed E-state index contributed by atoms with van der Waals surface area (Å²) in [6, 6.07) is 10.7. The van der Waals surface area contributed by atoms with Gasteiger partial charge in [0.15, 0.2) is 5.96 Å². The number of aromatic nitrogens is 2. The monoisotopic (exact) mass is 469 g/mol. The van der Waals surface area contributed by atoms with E-state index >= 15 is 0 Å². The van der Waals surface area contributed by atoms with Gasteiger partial charge >= 0.3 is 0 Å². The van der Waals surface area contributed by atoms with E-state index in [4.69, 9.17) is 0 Å². The van der Waals surface area contributed by atoms with Crippen LogP contribution in [0.1, 0.15) is 22.4 Å². The second-order valence-electron chi connectivity index (χ2n) is 5.89. The molecular weight excluding hydrogens is 445 g/mol. The molecule has 0 aliphatic heterocycles. The third kappa shape index (κ3) is 5.43. The van der Waals surface area contributed by atoms with Crippen LogP contribution in [0.25, 0.3) is 5.65 Å². The maximum Gasteiger partial charge on any atom is 0.191 e. The van der Waals surface area contributed by atoms with Crippen molar-refractivity contribution in [2.45, 2.75) is 32.9 Å². The molecule has 0 saturated carbocycles. The van der Waals surface area contributed by atoms with Gasteiger partial charge in [0.25, 0.3) is 0 Å². The first-order valence-electron chi connectivity index (χ1n) is 8.09. The number of nitrogens with one attached hydrogen (secondary N) is 2. The Hall–Kier alpha value is -1.61. The number of guanidine groups is 1. The van der Waals surface area contributed by atoms with Crippen LogP contribution in [0, 0.1) is 6.92 Å². The van der Waals surface area contributed by atoms with Crippen molar-refractivity contribution in [2.75, 3.05) is 7.05 Å². The molecule has 0 fully saturated rings. The smallest absolute Gasteiger partial charge is 0.191 e. The Morgan fingerprint density at radius 1 is 1.32 bits per heavy atom. The number of aliphatic imine (C=N–C) groups is 1. The van der Waals surface area contributed by atoms with Gasteiger partial charge in [-0.2, -0.15) is 0 Å². The number of pyridine rings is 1. The van der Waals surface area contributed by atoms with Crippen molar-refractivity contribution in [1.82, 2.24) is 20.0 Å². The van der Waals surface area contributed by atoms with Crippen LogP contribution < -0.4 is 10.6 Å². The second kappa shape index (κ2) is 9.19. The minimum absolute atomic E-state index is 0. The molecule has 0 saturated heterocycles. The Balaban J connectivity index is 0.00000225. The van der Waals surface area contributed by atoms with Crippen molar-refractivity contribution in [3.05, 3.63) is 58.2 Å². The number of halogens is 1. The minimum atomic E-state index is 0. The number of hydrogen-bond acceptors (Lipinski definition) is 3. The van der Waals surface area contributed by atoms with Crippen LogP contribution in [-0.2, 0) is 13.0 Å². The van der Waals surface area contributed by atoms with Gasteiger partial charge in [-0.15, -0.1) is 35.3 Å². The number of thiophene rings is 1. The van der Waals surface area contributed by atoms with E-state index in [1.165, 1.54) is 9.75 Å². The van der Waals surface area contributed by atoms with Crippen molar-refractivity contribution in [1.29, 1.82) is 0 Å². The van der Waals surface area contributed by atoms with E-state index in [-0.39, 0.29) is 24.0 Å². The molecule has 3 aromatic heterocycles. The van der Waals surface area contributed by atoms with Crippen LogP contribution in [0.15, 0.2) is 47.7 Å². The zero-order valence-electron chi connectivity index (χ0n) is 14.7. The van der Waals surface area contributed by atoms with Crippen molar-refractivity contribution in [3.63, 3.8) is 0 Å². The highest BCUT2D eigenvalue weighted by atomic mass is 127. The van der Waals surface area contributed by atoms with Gasteiger partial charge in [0, 0.05) is 41.7 Å². The Labute approximate surface area is 169 Å². The summed E-state index contributed by atoms with van der Waals surface area (Å²) in [6.07, 6.45) is 5.03. The lowest BCUT2D eigenvalue weighted by Crippen LogP contribution is -2.42. The quantitative estimate of drug-likeness (QED) is 0.341. The van der Waals surface area contributed by atoms with E-state index in [9.17, 15) is 0 Å². The number of hydrogen-bond donors (Lipinski definition) is 2. The van der Waals surface area contributed by atoms with E-state index in [2.05, 4.69) is 46.6 Å². The van der Waals surface area contributed by atoms with Crippen molar-refractivity contribution >= 4 is 46.9 Å². The topological polar surface area (TPSA) is 53.7 Å². The second-order valence-corrected chi connectivity index (χ2v) is 7.26. The maximum absolute atomic E-state index is 4.59. The Morgan fingerprint density at radius 2 is 2.16 bits per heavy atom. The van der Waals surface area contributed by atoms with Gasteiger partial charge in [0.2, 0.25) is 0 Å². The zero-order valence-corrected chi connectivity index (χ0v) is 17.8. The number of fused-ring (bicyclic) bond motifs is 1. The summed E-state index contributed by atoms with van der Waals surface area (Å²) in [4.78, 5) is 11.6. The molecular formula is C18H24IN5S. The number of nitrogens with zero attached hydrogens (tertiary/aromatic N) is 3. The first-order chi connectivity index (χ1) is 11.6. The summed E-state index contributed by atoms with van der Waals surface area (Å²) in [5.41, 5.74) is 1.95. The van der Waals surface area contributed by atoms with Gasteiger partial charge in [-0.3, -0.25) is 4.99 Å². The van der Waals surface area contributed by atoms with Crippen LogP contribution in [0.4, 0.5) is 0 Å². The van der Waals surface area contributed by atoms with Gasteiger partial charge in [-0.25, -0.2) is 4.98 Å². The molecule has 0 spiro atoms. The SMILES string of the molecule is CN=C(NCc1cn2ccccc2n1)NC(C)Cc1ccc(C)s1.I. The molecule has 0 bridgehead atoms. The normalized spacial score (nSPS) is 12.7. The van der Waals surface area contributed by atoms with Crippen LogP contribution in [0.2, 0.25) is 0 Å². The largest absolute Gasteiger partial charge is 0.354 e. The van der Waals surface area contributed by atoms with Gasteiger partial charge in [0.05, 0.1) is 12.2 Å². The molecule has 134 valence electrons. The molecule has 0 amide bonds. The minimum Gasteiger partial charge on any atom is -0.354 e. The number of aryl methyl sites for hydroxylation is 1. The number of imidazole rings is 1. The first-order valence-corrected chi connectivity index (χ1v) is 8.91. The third-order valence-corrected chi connectivity index (χ3v) is 4.78. The molecule has 0 radical (unpaired) electrons. The summed E-state index contributed by atoms with van der Waals surface area (Å²) in [5.74, 6) is 0.799. The van der Waals surface area contributed by atoms with E-state index in [1.807, 2.05) is 46.3 Å². The highest BCUT2D eigenvalue weighted by molar-refractivity contribution is 14.0. The fourth-order valence-corrected chi connectivity index (χ4v) is 3.64. The standard InChI is InChI=1S/C18H23N5S.HI/c1-13(10-16-8-7-14(2)24-16)21-18(19-3)20-11-15-12-23-9-5-4-6-17(23)22-15;/h4-9,12-13H,10-11H2,1-3H3,(H2,19,20,21);1H. The summed E-state index contributed by atoms with van der Waals surface area (Å²) in [7, 11) is 1.79. The van der Waals surface area contributed by atoms with Crippen molar-refractivity contribution in [3.8, 4) is 0 Å². The lowest BCUT2D eigenvalue weighted by Gasteiger charge is -2.17. The summed E-state index contributed by atoms with van der Waals surface area (Å²) in [6.45, 7) is 4.96. The molecule has 2 N–H and O–H groups in total. The molecule has 7 heteroatoms. The fourth-order valence-electron chi connectivity index (χ4n) is 2.62. The lowest BCUT2D eigenvalue weighted by atomic mass is 10.2. The summed E-state index contributed by atoms with van der Waals surface area (Å²) < 4.78 is 2.02. The van der Waals surface area contributed by atoms with Crippen LogP contribution in [-0.4, -0.2) is 28.4 Å². The van der Waals surface area contributed by atoms with E-state index in [1.54, 1.807) is 7.05 Å². The van der Waals surface area contributed by atoms with Gasteiger partial charge in [0.1, 0.15) is 5.65 Å². The van der Waals surface area contributed by atoms with E-state index in [0.717, 1.165) is 23.7 Å². The zero-order chi connectivity index (χ0) is 16.9. The van der Waals surface area contributed by atoms with Crippen LogP contribution in [0.5, 0.6) is 0 Å². The fraction of sp³-hybridized carbons (Fsp3) is 0.333. The van der Waals surface area contributed by atoms with Crippen molar-refractivity contribution < 1.29 is 0 Å². The predicted octanol–water partition coefficient (Wildman–Crippen LogP) is 3.62. The van der Waals surface area contributed by atoms with Gasteiger partial charge < -0.3 is 15.0 Å². The Morgan fingerprint density at radius 3 is 2.84 bits per heavy atom. The summed E-state index contributed by atoms with van der Waals surface area (Å²) in [5, 5.41) is 6.77. The van der Waals surface area contributed by atoms with Crippen LogP contribution >= 0.6 is 35.3 Å². The molecule has 0 aromatic carbocycles. The lowest BCUT2D eigenvalue weighted by molar-refractivity contribution is 0.644. The molecule has 1 unspecified atom stereocenters. The highest BCUT2D eigenvalue weighted by Crippen LogP contribution is 2.16. The van der Waals surface area contributed by atoms with Gasteiger partial charge in [-0.05, 0) is 38.1 Å². The molecule has 5 nitrogen and oxygen atoms in total. The van der Waals surface area contributed by atoms with Crippen molar-refractivity contribution in [2.24, 2.45) is 4.99 Å². The molecule has 25 heavy (non-hydrogen) atoms. The Bertz CT molecular complexity index is 806. The highest BCUT2D eigenvalue weighted by Gasteiger charge is 2.08. The molecule has 3 rings (SSSR count). The molecule has 1 atom stereocenters. The molecule has 3 aromatic rings. The van der Waals surface area contributed by atoms with Crippen LogP contribution in [0.3, 0.4) is 0 Å². The predicted molar refractivity (Wildman–Crippen MR) is 116 cm³/mol. The van der Waals surface area contributed by atoms with E-state index in [0.29, 0.717) is 12.6 Å². The van der Waals surface area contributed by atoms with E-state index < -0.39 is 0 Å². The number of rotatable bonds is 5. The van der Waals surface area contributed by atoms with Gasteiger partial charge in [-0.1, -0.05) is 6.07 Å². The first kappa shape index (κ1) is 19.7. The average Bonchev–Trinajstić information content (AvgIpc) is 3.16. The third-order valence-electron chi connectivity index (χ3n) is 3.76. The molecule has 0 aliphatic carbocycles. The Kier molecular flexibility index (Phi) is 7.24. The molecule has 3 heterocycles. The maximum atomic E-state index is 4.59. The molecule has 0 aliphatic rings.